The van der Waals surface area contributed by atoms with Crippen molar-refractivity contribution < 1.29 is 4.92 Å². The van der Waals surface area contributed by atoms with Gasteiger partial charge in [0.05, 0.1) is 51.7 Å². The van der Waals surface area contributed by atoms with Crippen LogP contribution in [-0.2, 0) is 0 Å². The molecule has 1 aliphatic heterocycles. The number of aliphatic imine (C=N–C) groups is 1. The maximum absolute atomic E-state index is 10.4. The number of nitro groups is 1. The van der Waals surface area contributed by atoms with Crippen LogP contribution >= 0.6 is 0 Å². The van der Waals surface area contributed by atoms with Crippen molar-refractivity contribution in [3.63, 3.8) is 0 Å². The Hall–Kier alpha value is -3.82. The smallest absolute Gasteiger partial charge is 0.274 e. The molecule has 0 radical (unpaired) electrons. The van der Waals surface area contributed by atoms with Gasteiger partial charge in [0.2, 0.25) is 0 Å². The number of aryl methyl sites for hydroxylation is 2. The molecule has 1 aromatic heterocycles. The molecule has 3 aromatic rings. The van der Waals surface area contributed by atoms with Gasteiger partial charge in [-0.1, -0.05) is 0 Å². The summed E-state index contributed by atoms with van der Waals surface area (Å²) < 4.78 is 0. The van der Waals surface area contributed by atoms with Gasteiger partial charge in [-0.3, -0.25) is 25.5 Å². The quantitative estimate of drug-likeness (QED) is 0.302. The predicted octanol–water partition coefficient (Wildman–Crippen LogP) is 2.92. The van der Waals surface area contributed by atoms with E-state index < -0.39 is 4.92 Å². The van der Waals surface area contributed by atoms with Crippen molar-refractivity contribution in [1.82, 2.24) is 15.0 Å². The van der Waals surface area contributed by atoms with E-state index in [1.807, 2.05) is 18.3 Å². The van der Waals surface area contributed by atoms with Crippen LogP contribution in [0.2, 0.25) is 0 Å². The summed E-state index contributed by atoms with van der Waals surface area (Å²) in [7, 11) is 0. The lowest BCUT2D eigenvalue weighted by molar-refractivity contribution is -0.385. The van der Waals surface area contributed by atoms with E-state index >= 15 is 0 Å². The van der Waals surface area contributed by atoms with Crippen LogP contribution in [0.25, 0.3) is 11.0 Å². The van der Waals surface area contributed by atoms with E-state index in [1.54, 1.807) is 6.92 Å². The third kappa shape index (κ3) is 4.21. The van der Waals surface area contributed by atoms with Crippen LogP contribution in [0.5, 0.6) is 0 Å². The van der Waals surface area contributed by atoms with Crippen molar-refractivity contribution in [3.05, 3.63) is 51.3 Å². The van der Waals surface area contributed by atoms with Gasteiger partial charge in [0.25, 0.3) is 5.69 Å². The first-order chi connectivity index (χ1) is 13.8. The maximum Gasteiger partial charge on any atom is 0.274 e. The number of imidazole rings is 1. The lowest BCUT2D eigenvalue weighted by atomic mass is 10.1. The van der Waals surface area contributed by atoms with Crippen LogP contribution in [0.4, 0.5) is 22.7 Å². The third-order valence-corrected chi connectivity index (χ3v) is 4.70. The highest BCUT2D eigenvalue weighted by Gasteiger charge is 2.13. The Bertz CT molecular complexity index is 1090. The molecule has 2 aromatic carbocycles. The highest BCUT2D eigenvalue weighted by atomic mass is 16.6. The number of hydrogen-bond donors (Lipinski definition) is 4. The molecule has 0 aliphatic carbocycles. The monoisotopic (exact) mass is 396 g/mol. The van der Waals surface area contributed by atoms with Crippen molar-refractivity contribution in [2.45, 2.75) is 20.8 Å². The number of nitrogens with zero attached hydrogens (tertiary/aromatic N) is 4. The minimum Gasteiger partial charge on any atom is -0.397 e. The van der Waals surface area contributed by atoms with Gasteiger partial charge in [-0.15, -0.1) is 0 Å². The summed E-state index contributed by atoms with van der Waals surface area (Å²) in [6.45, 7) is 7.40. The molecule has 0 unspecified atom stereocenters. The first-order valence-corrected chi connectivity index (χ1v) is 9.06. The van der Waals surface area contributed by atoms with Crippen molar-refractivity contribution >= 4 is 40.1 Å². The second kappa shape index (κ2) is 8.05. The van der Waals surface area contributed by atoms with Crippen molar-refractivity contribution in [1.29, 1.82) is 0 Å². The first-order valence-electron chi connectivity index (χ1n) is 9.06. The predicted molar refractivity (Wildman–Crippen MR) is 116 cm³/mol. The Labute approximate surface area is 167 Å². The summed E-state index contributed by atoms with van der Waals surface area (Å²) in [5.41, 5.74) is 19.7. The molecule has 152 valence electrons. The topological polar surface area (TPSA) is 151 Å². The Morgan fingerprint density at radius 1 is 1.17 bits per heavy atom. The van der Waals surface area contributed by atoms with Gasteiger partial charge in [-0.05, 0) is 39.0 Å². The summed E-state index contributed by atoms with van der Waals surface area (Å²) in [5.74, 6) is 0.947. The summed E-state index contributed by atoms with van der Waals surface area (Å²) >= 11 is 0. The number of hydrogen-bond acceptors (Lipinski definition) is 8. The van der Waals surface area contributed by atoms with E-state index in [0.29, 0.717) is 11.3 Å². The fourth-order valence-corrected chi connectivity index (χ4v) is 3.01. The number of nitrogen functional groups attached to an aromatic ring is 2. The second-order valence-electron chi connectivity index (χ2n) is 6.75. The summed E-state index contributed by atoms with van der Waals surface area (Å²) in [5, 5.41) is 12.4. The second-order valence-corrected chi connectivity index (χ2v) is 6.75. The third-order valence-electron chi connectivity index (χ3n) is 4.70. The molecule has 0 saturated heterocycles. The molecule has 1 aliphatic rings. The van der Waals surface area contributed by atoms with Crippen LogP contribution < -0.4 is 16.9 Å². The molecule has 0 fully saturated rings. The number of anilines is 3. The van der Waals surface area contributed by atoms with E-state index in [9.17, 15) is 10.1 Å². The molecule has 0 spiro atoms. The maximum atomic E-state index is 10.4. The first kappa shape index (κ1) is 19.9. The van der Waals surface area contributed by atoms with E-state index in [4.69, 9.17) is 11.5 Å². The summed E-state index contributed by atoms with van der Waals surface area (Å²) in [6.07, 6.45) is 1.83. The Morgan fingerprint density at radius 3 is 2.59 bits per heavy atom. The standard InChI is InChI=1S/C12H15N5.C7H9N3O2/c1-8-10(16-17-6-5-13-7-17)3-4-11-12(8)15-9(2)14-11;1-4-6(10(11)12)3-2-5(8)7(4)9/h3-4,7,16H,5-6H2,1-2H3,(H,14,15);2-3H,8-9H2,1H3. The average Bonchev–Trinajstić information content (AvgIpc) is 3.32. The lowest BCUT2D eigenvalue weighted by Gasteiger charge is -2.18. The normalized spacial score (nSPS) is 12.7. The largest absolute Gasteiger partial charge is 0.397 e. The van der Waals surface area contributed by atoms with Gasteiger partial charge in [0.15, 0.2) is 0 Å². The zero-order chi connectivity index (χ0) is 21.1. The van der Waals surface area contributed by atoms with E-state index in [0.717, 1.165) is 41.2 Å². The van der Waals surface area contributed by atoms with Crippen LogP contribution in [0.3, 0.4) is 0 Å². The number of aromatic nitrogens is 2. The molecule has 2 heterocycles. The zero-order valence-electron chi connectivity index (χ0n) is 16.6. The number of benzene rings is 2. The number of nitro benzene ring substituents is 1. The van der Waals surface area contributed by atoms with Crippen molar-refractivity contribution in [2.24, 2.45) is 4.99 Å². The summed E-state index contributed by atoms with van der Waals surface area (Å²) in [4.78, 5) is 21.8. The van der Waals surface area contributed by atoms with E-state index in [-0.39, 0.29) is 11.4 Å². The molecule has 29 heavy (non-hydrogen) atoms. The van der Waals surface area contributed by atoms with Crippen LogP contribution in [0, 0.1) is 30.9 Å². The molecule has 10 heteroatoms. The lowest BCUT2D eigenvalue weighted by Crippen LogP contribution is -2.26. The van der Waals surface area contributed by atoms with E-state index in [1.165, 1.54) is 12.1 Å². The van der Waals surface area contributed by atoms with Gasteiger partial charge in [-0.25, -0.2) is 4.98 Å². The molecule has 0 bridgehead atoms. The number of rotatable bonds is 3. The molecule has 0 atom stereocenters. The number of aromatic amines is 1. The number of nitrogens with one attached hydrogen (secondary N) is 2. The van der Waals surface area contributed by atoms with Gasteiger partial charge in [0.1, 0.15) is 12.2 Å². The number of fused-ring (bicyclic) bond motifs is 1. The van der Waals surface area contributed by atoms with Crippen LogP contribution in [0.15, 0.2) is 29.3 Å². The molecule has 6 N–H and O–H groups in total. The number of H-pyrrole nitrogens is 1. The highest BCUT2D eigenvalue weighted by molar-refractivity contribution is 5.84. The molecular weight excluding hydrogens is 372 g/mol. The van der Waals surface area contributed by atoms with Gasteiger partial charge < -0.3 is 16.5 Å². The fraction of sp³-hybridized carbons (Fsp3) is 0.263. The Morgan fingerprint density at radius 2 is 1.93 bits per heavy atom. The molecular formula is C19H24N8O2. The fourth-order valence-electron chi connectivity index (χ4n) is 3.01. The molecule has 10 nitrogen and oxygen atoms in total. The zero-order valence-corrected chi connectivity index (χ0v) is 16.6. The summed E-state index contributed by atoms with van der Waals surface area (Å²) in [6, 6.07) is 6.90. The van der Waals surface area contributed by atoms with Gasteiger partial charge >= 0.3 is 0 Å². The van der Waals surface area contributed by atoms with Gasteiger partial charge in [-0.2, -0.15) is 0 Å². The van der Waals surface area contributed by atoms with Crippen LogP contribution in [0.1, 0.15) is 17.0 Å². The van der Waals surface area contributed by atoms with Crippen LogP contribution in [-0.4, -0.2) is 39.3 Å². The Kier molecular flexibility index (Phi) is 5.53. The van der Waals surface area contributed by atoms with Crippen molar-refractivity contribution in [2.75, 3.05) is 30.0 Å². The average molecular weight is 396 g/mol. The van der Waals surface area contributed by atoms with E-state index in [2.05, 4.69) is 39.4 Å². The Balaban J connectivity index is 0.000000177. The molecule has 4 rings (SSSR count). The number of hydrazine groups is 1. The van der Waals surface area contributed by atoms with Crippen molar-refractivity contribution in [3.8, 4) is 0 Å². The molecule has 0 amide bonds. The molecule has 0 saturated carbocycles. The number of nitrogens with two attached hydrogens (primary N) is 2. The minimum atomic E-state index is -0.481. The highest BCUT2D eigenvalue weighted by Crippen LogP contribution is 2.27. The SMILES string of the molecule is Cc1c([N+](=O)[O-])ccc(N)c1N.Cc1nc2c(C)c(NN3C=NCC3)ccc2[nH]1. The van der Waals surface area contributed by atoms with Gasteiger partial charge in [0, 0.05) is 11.6 Å². The minimum absolute atomic E-state index is 0.00157.